The Morgan fingerprint density at radius 2 is 2.35 bits per heavy atom. The van der Waals surface area contributed by atoms with E-state index in [9.17, 15) is 5.11 Å². The molecule has 3 atom stereocenters. The fourth-order valence-electron chi connectivity index (χ4n) is 2.49. The lowest BCUT2D eigenvalue weighted by molar-refractivity contribution is -0.0767. The van der Waals surface area contributed by atoms with Gasteiger partial charge in [0.1, 0.15) is 0 Å². The van der Waals surface area contributed by atoms with Crippen molar-refractivity contribution in [2.45, 2.75) is 25.2 Å². The second kappa shape index (κ2) is 7.38. The van der Waals surface area contributed by atoms with E-state index in [1.165, 1.54) is 0 Å². The Bertz CT molecular complexity index is 429. The molecule has 1 aliphatic rings. The molecule has 0 amide bonds. The van der Waals surface area contributed by atoms with Crippen LogP contribution in [0.3, 0.4) is 0 Å². The molecular formula is C15H22ClNO3. The van der Waals surface area contributed by atoms with Crippen LogP contribution in [0.25, 0.3) is 0 Å². The Balaban J connectivity index is 2.00. The largest absolute Gasteiger partial charge is 0.389 e. The van der Waals surface area contributed by atoms with E-state index in [4.69, 9.17) is 21.1 Å². The van der Waals surface area contributed by atoms with E-state index in [-0.39, 0.29) is 12.1 Å². The molecule has 1 fully saturated rings. The summed E-state index contributed by atoms with van der Waals surface area (Å²) in [5, 5.41) is 10.6. The van der Waals surface area contributed by atoms with Crippen LogP contribution in [0.1, 0.15) is 18.6 Å². The van der Waals surface area contributed by atoms with Crippen molar-refractivity contribution in [3.05, 3.63) is 34.9 Å². The number of aliphatic hydroxyl groups is 1. The standard InChI is InChI=1S/C15H22ClNO3/c1-11-9-20-15(12-4-3-5-13(16)6-12)8-17(11)7-14(18)10-19-2/h3-6,11,14-15,18H,7-10H2,1-2H3/t11-,14-,15-/m0/s1. The zero-order chi connectivity index (χ0) is 14.5. The van der Waals surface area contributed by atoms with Crippen LogP contribution in [0.2, 0.25) is 5.02 Å². The first-order chi connectivity index (χ1) is 9.60. The number of aliphatic hydroxyl groups excluding tert-OH is 1. The molecule has 20 heavy (non-hydrogen) atoms. The number of rotatable bonds is 5. The quantitative estimate of drug-likeness (QED) is 0.904. The highest BCUT2D eigenvalue weighted by Gasteiger charge is 2.28. The molecule has 1 aliphatic heterocycles. The van der Waals surface area contributed by atoms with Crippen molar-refractivity contribution in [1.29, 1.82) is 0 Å². The summed E-state index contributed by atoms with van der Waals surface area (Å²) in [7, 11) is 1.60. The van der Waals surface area contributed by atoms with Gasteiger partial charge in [0.05, 0.1) is 25.4 Å². The molecule has 0 aliphatic carbocycles. The lowest BCUT2D eigenvalue weighted by Crippen LogP contribution is -2.48. The van der Waals surface area contributed by atoms with Crippen LogP contribution in [0.4, 0.5) is 0 Å². The average Bonchev–Trinajstić information content (AvgIpc) is 2.41. The van der Waals surface area contributed by atoms with E-state index < -0.39 is 6.10 Å². The fraction of sp³-hybridized carbons (Fsp3) is 0.600. The van der Waals surface area contributed by atoms with Crippen molar-refractivity contribution >= 4 is 11.6 Å². The van der Waals surface area contributed by atoms with Crippen LogP contribution in [0.5, 0.6) is 0 Å². The molecule has 0 spiro atoms. The summed E-state index contributed by atoms with van der Waals surface area (Å²) in [6.07, 6.45) is -0.472. The minimum absolute atomic E-state index is 0.000329. The number of hydrogen-bond acceptors (Lipinski definition) is 4. The average molecular weight is 300 g/mol. The van der Waals surface area contributed by atoms with Crippen LogP contribution in [-0.4, -0.2) is 55.6 Å². The van der Waals surface area contributed by atoms with Gasteiger partial charge in [-0.1, -0.05) is 23.7 Å². The van der Waals surface area contributed by atoms with Gasteiger partial charge in [-0.3, -0.25) is 4.90 Å². The number of methoxy groups -OCH3 is 1. The van der Waals surface area contributed by atoms with E-state index in [1.807, 2.05) is 24.3 Å². The molecular weight excluding hydrogens is 278 g/mol. The van der Waals surface area contributed by atoms with Crippen molar-refractivity contribution < 1.29 is 14.6 Å². The normalized spacial score (nSPS) is 25.6. The third kappa shape index (κ3) is 4.17. The third-order valence-corrected chi connectivity index (χ3v) is 3.82. The molecule has 1 saturated heterocycles. The van der Waals surface area contributed by atoms with Gasteiger partial charge in [0.25, 0.3) is 0 Å². The molecule has 1 heterocycles. The molecule has 1 N–H and O–H groups in total. The summed E-state index contributed by atoms with van der Waals surface area (Å²) in [4.78, 5) is 2.23. The van der Waals surface area contributed by atoms with Crippen LogP contribution >= 0.6 is 11.6 Å². The first-order valence-corrected chi connectivity index (χ1v) is 7.26. The van der Waals surface area contributed by atoms with Crippen molar-refractivity contribution in [3.63, 3.8) is 0 Å². The minimum Gasteiger partial charge on any atom is -0.389 e. The Morgan fingerprint density at radius 1 is 1.55 bits per heavy atom. The highest BCUT2D eigenvalue weighted by molar-refractivity contribution is 6.30. The molecule has 0 radical (unpaired) electrons. The maximum Gasteiger partial charge on any atom is 0.0953 e. The smallest absolute Gasteiger partial charge is 0.0953 e. The van der Waals surface area contributed by atoms with Crippen LogP contribution in [-0.2, 0) is 9.47 Å². The molecule has 112 valence electrons. The van der Waals surface area contributed by atoms with Crippen LogP contribution in [0, 0.1) is 0 Å². The SMILES string of the molecule is COC[C@@H](O)CN1C[C@@H](c2cccc(Cl)c2)OC[C@@H]1C. The van der Waals surface area contributed by atoms with E-state index in [1.54, 1.807) is 7.11 Å². The number of hydrogen-bond donors (Lipinski definition) is 1. The maximum absolute atomic E-state index is 9.89. The van der Waals surface area contributed by atoms with Gasteiger partial charge >= 0.3 is 0 Å². The first kappa shape index (κ1) is 15.7. The topological polar surface area (TPSA) is 41.9 Å². The lowest BCUT2D eigenvalue weighted by Gasteiger charge is -2.39. The van der Waals surface area contributed by atoms with Gasteiger partial charge in [-0.25, -0.2) is 0 Å². The zero-order valence-electron chi connectivity index (χ0n) is 12.0. The van der Waals surface area contributed by atoms with Gasteiger partial charge in [-0.05, 0) is 24.6 Å². The Morgan fingerprint density at radius 3 is 3.05 bits per heavy atom. The number of β-amino-alcohol motifs (C(OH)–C–C–N with tert-alkyl or cyclic N) is 1. The predicted molar refractivity (Wildman–Crippen MR) is 79.1 cm³/mol. The van der Waals surface area contributed by atoms with Crippen molar-refractivity contribution in [3.8, 4) is 0 Å². The minimum atomic E-state index is -0.472. The van der Waals surface area contributed by atoms with Gasteiger partial charge in [0, 0.05) is 31.3 Å². The Hall–Kier alpha value is -0.650. The molecule has 1 aromatic carbocycles. The number of nitrogens with zero attached hydrogens (tertiary/aromatic N) is 1. The number of benzene rings is 1. The molecule has 0 saturated carbocycles. The second-order valence-electron chi connectivity index (χ2n) is 5.29. The predicted octanol–water partition coefficient (Wildman–Crippen LogP) is 2.11. The van der Waals surface area contributed by atoms with Gasteiger partial charge in [0.15, 0.2) is 0 Å². The van der Waals surface area contributed by atoms with Gasteiger partial charge in [-0.2, -0.15) is 0 Å². The summed E-state index contributed by atoms with van der Waals surface area (Å²) in [6, 6.07) is 8.04. The van der Waals surface area contributed by atoms with E-state index in [0.29, 0.717) is 19.8 Å². The summed E-state index contributed by atoms with van der Waals surface area (Å²) in [6.45, 7) is 4.45. The lowest BCUT2D eigenvalue weighted by atomic mass is 10.1. The Kier molecular flexibility index (Phi) is 5.81. The first-order valence-electron chi connectivity index (χ1n) is 6.88. The molecule has 0 bridgehead atoms. The zero-order valence-corrected chi connectivity index (χ0v) is 12.7. The van der Waals surface area contributed by atoms with Crippen LogP contribution in [0.15, 0.2) is 24.3 Å². The summed E-state index contributed by atoms with van der Waals surface area (Å²) in [5.41, 5.74) is 1.08. The number of morpholine rings is 1. The molecule has 4 nitrogen and oxygen atoms in total. The summed E-state index contributed by atoms with van der Waals surface area (Å²) in [5.74, 6) is 0. The molecule has 0 aromatic heterocycles. The highest BCUT2D eigenvalue weighted by Crippen LogP contribution is 2.26. The monoisotopic (exact) mass is 299 g/mol. The van der Waals surface area contributed by atoms with Gasteiger partial charge in [-0.15, -0.1) is 0 Å². The van der Waals surface area contributed by atoms with Gasteiger partial charge < -0.3 is 14.6 Å². The molecule has 1 aromatic rings. The number of ether oxygens (including phenoxy) is 2. The number of halogens is 1. The summed E-state index contributed by atoms with van der Waals surface area (Å²) < 4.78 is 10.9. The van der Waals surface area contributed by atoms with E-state index >= 15 is 0 Å². The van der Waals surface area contributed by atoms with Gasteiger partial charge in [0.2, 0.25) is 0 Å². The van der Waals surface area contributed by atoms with E-state index in [0.717, 1.165) is 17.1 Å². The van der Waals surface area contributed by atoms with E-state index in [2.05, 4.69) is 11.8 Å². The highest BCUT2D eigenvalue weighted by atomic mass is 35.5. The van der Waals surface area contributed by atoms with Crippen molar-refractivity contribution in [2.24, 2.45) is 0 Å². The molecule has 2 rings (SSSR count). The fourth-order valence-corrected chi connectivity index (χ4v) is 2.68. The van der Waals surface area contributed by atoms with Crippen LogP contribution < -0.4 is 0 Å². The molecule has 5 heteroatoms. The Labute approximate surface area is 125 Å². The third-order valence-electron chi connectivity index (χ3n) is 3.59. The van der Waals surface area contributed by atoms with Crippen molar-refractivity contribution in [2.75, 3.05) is 33.4 Å². The molecule has 0 unspecified atom stereocenters. The van der Waals surface area contributed by atoms with Crippen molar-refractivity contribution in [1.82, 2.24) is 4.90 Å². The second-order valence-corrected chi connectivity index (χ2v) is 5.73. The summed E-state index contributed by atoms with van der Waals surface area (Å²) >= 11 is 6.03. The maximum atomic E-state index is 9.89.